The summed E-state index contributed by atoms with van der Waals surface area (Å²) in [5.74, 6) is -2.73. The molecule has 1 saturated heterocycles. The second-order valence-electron chi connectivity index (χ2n) is 8.14. The van der Waals surface area contributed by atoms with Gasteiger partial charge in [-0.05, 0) is 20.5 Å². The van der Waals surface area contributed by atoms with E-state index in [2.05, 4.69) is 6.92 Å². The van der Waals surface area contributed by atoms with Gasteiger partial charge in [-0.25, -0.2) is 4.79 Å². The zero-order valence-electron chi connectivity index (χ0n) is 19.4. The van der Waals surface area contributed by atoms with Crippen molar-refractivity contribution in [2.45, 2.75) is 64.3 Å². The summed E-state index contributed by atoms with van der Waals surface area (Å²) < 4.78 is 0. The van der Waals surface area contributed by atoms with Crippen LogP contribution in [0.4, 0.5) is 0 Å². The Morgan fingerprint density at radius 1 is 0.968 bits per heavy atom. The molecule has 0 saturated carbocycles. The van der Waals surface area contributed by atoms with Gasteiger partial charge in [-0.15, -0.1) is 5.06 Å². The fourth-order valence-electron chi connectivity index (χ4n) is 3.11. The lowest BCUT2D eigenvalue weighted by atomic mass is 10.1. The molecule has 0 aromatic carbocycles. The highest BCUT2D eigenvalue weighted by Crippen LogP contribution is 2.16. The number of likely N-dealkylation sites (N-methyl/N-ethyl adjacent to an activating group) is 3. The van der Waals surface area contributed by atoms with Crippen molar-refractivity contribution in [3.05, 3.63) is 0 Å². The Morgan fingerprint density at radius 2 is 1.58 bits per heavy atom. The van der Waals surface area contributed by atoms with Gasteiger partial charge in [-0.3, -0.25) is 19.2 Å². The fourth-order valence-corrected chi connectivity index (χ4v) is 3.11. The van der Waals surface area contributed by atoms with Gasteiger partial charge in [0.25, 0.3) is 11.8 Å². The quantitative estimate of drug-likeness (QED) is 0.308. The van der Waals surface area contributed by atoms with Gasteiger partial charge in [0.1, 0.15) is 6.04 Å². The molecule has 1 rings (SSSR count). The molecule has 176 valence electrons. The molecular formula is C21H36N4O6. The Balaban J connectivity index is 2.86. The minimum atomic E-state index is -1.08. The van der Waals surface area contributed by atoms with Crippen LogP contribution >= 0.6 is 0 Å². The Morgan fingerprint density at radius 3 is 2.13 bits per heavy atom. The summed E-state index contributed by atoms with van der Waals surface area (Å²) in [6.45, 7) is 3.11. The summed E-state index contributed by atoms with van der Waals surface area (Å²) >= 11 is 0. The van der Waals surface area contributed by atoms with Crippen molar-refractivity contribution in [3.63, 3.8) is 0 Å². The zero-order valence-corrected chi connectivity index (χ0v) is 19.4. The molecule has 0 unspecified atom stereocenters. The van der Waals surface area contributed by atoms with Gasteiger partial charge < -0.3 is 19.5 Å². The number of nitrogens with zero attached hydrogens (tertiary/aromatic N) is 4. The van der Waals surface area contributed by atoms with E-state index in [0.717, 1.165) is 19.3 Å². The third kappa shape index (κ3) is 8.64. The Labute approximate surface area is 184 Å². The number of amides is 4. The summed E-state index contributed by atoms with van der Waals surface area (Å²) in [7, 11) is 6.85. The van der Waals surface area contributed by atoms with E-state index >= 15 is 0 Å². The van der Waals surface area contributed by atoms with Crippen molar-refractivity contribution < 1.29 is 28.8 Å². The van der Waals surface area contributed by atoms with Gasteiger partial charge in [0, 0.05) is 46.4 Å². The molecule has 0 N–H and O–H groups in total. The molecule has 0 aromatic heterocycles. The van der Waals surface area contributed by atoms with E-state index in [1.54, 1.807) is 7.05 Å². The second-order valence-corrected chi connectivity index (χ2v) is 8.14. The first-order chi connectivity index (χ1) is 14.6. The molecule has 1 aliphatic rings. The van der Waals surface area contributed by atoms with Crippen molar-refractivity contribution in [1.29, 1.82) is 0 Å². The monoisotopic (exact) mass is 440 g/mol. The first kappa shape index (κ1) is 26.5. The van der Waals surface area contributed by atoms with E-state index < -0.39 is 36.2 Å². The highest BCUT2D eigenvalue weighted by Gasteiger charge is 2.36. The van der Waals surface area contributed by atoms with Crippen LogP contribution < -0.4 is 0 Å². The van der Waals surface area contributed by atoms with Gasteiger partial charge >= 0.3 is 5.97 Å². The molecule has 10 heteroatoms. The molecule has 31 heavy (non-hydrogen) atoms. The first-order valence-corrected chi connectivity index (χ1v) is 10.8. The second kappa shape index (κ2) is 13.0. The summed E-state index contributed by atoms with van der Waals surface area (Å²) in [6, 6.07) is -1.08. The highest BCUT2D eigenvalue weighted by molar-refractivity contribution is 6.01. The maximum Gasteiger partial charge on any atom is 0.335 e. The topological polar surface area (TPSA) is 108 Å². The molecule has 0 aromatic rings. The molecule has 0 radical (unpaired) electrons. The Hall–Kier alpha value is -2.49. The normalized spacial score (nSPS) is 14.7. The van der Waals surface area contributed by atoms with Crippen molar-refractivity contribution in [2.24, 2.45) is 0 Å². The van der Waals surface area contributed by atoms with Crippen LogP contribution in [0.3, 0.4) is 0 Å². The maximum absolute atomic E-state index is 13.0. The third-order valence-electron chi connectivity index (χ3n) is 5.21. The zero-order chi connectivity index (χ0) is 23.6. The van der Waals surface area contributed by atoms with Crippen molar-refractivity contribution >= 4 is 29.6 Å². The number of rotatable bonds is 13. The van der Waals surface area contributed by atoms with Crippen LogP contribution in [0.25, 0.3) is 0 Å². The van der Waals surface area contributed by atoms with Crippen molar-refractivity contribution in [2.75, 3.05) is 41.3 Å². The number of hydrogen-bond donors (Lipinski definition) is 0. The summed E-state index contributed by atoms with van der Waals surface area (Å²) in [5.41, 5.74) is 0. The van der Waals surface area contributed by atoms with E-state index in [0.29, 0.717) is 24.6 Å². The van der Waals surface area contributed by atoms with E-state index in [1.807, 2.05) is 19.0 Å². The Bertz CT molecular complexity index is 650. The predicted octanol–water partition coefficient (Wildman–Crippen LogP) is 0.801. The summed E-state index contributed by atoms with van der Waals surface area (Å²) in [5, 5.41) is 0.451. The maximum atomic E-state index is 13.0. The number of hydrogen-bond acceptors (Lipinski definition) is 7. The van der Waals surface area contributed by atoms with Crippen LogP contribution in [0.1, 0.15) is 58.3 Å². The fraction of sp³-hybridized carbons (Fsp3) is 0.762. The minimum Gasteiger partial charge on any atom is -0.343 e. The van der Waals surface area contributed by atoms with Gasteiger partial charge in [-0.2, -0.15) is 0 Å². The van der Waals surface area contributed by atoms with Gasteiger partial charge in [0.2, 0.25) is 11.8 Å². The van der Waals surface area contributed by atoms with E-state index in [-0.39, 0.29) is 25.2 Å². The molecule has 1 heterocycles. The average molecular weight is 441 g/mol. The molecule has 0 aliphatic carbocycles. The van der Waals surface area contributed by atoms with Crippen LogP contribution in [0.5, 0.6) is 0 Å². The van der Waals surface area contributed by atoms with E-state index in [9.17, 15) is 24.0 Å². The molecular weight excluding hydrogens is 404 g/mol. The van der Waals surface area contributed by atoms with Crippen LogP contribution in [0, 0.1) is 0 Å². The van der Waals surface area contributed by atoms with Crippen LogP contribution in [0.15, 0.2) is 0 Å². The smallest absolute Gasteiger partial charge is 0.335 e. The third-order valence-corrected chi connectivity index (χ3v) is 5.21. The molecule has 1 atom stereocenters. The standard InChI is InChI=1S/C21H36N4O6/c1-6-7-8-9-10-17(26)24(5)16(21(30)23(4)14-13-22(2)3)15-20(29)31-25-18(27)11-12-19(25)28/h16H,6-15H2,1-5H3/t16-/m0/s1. The van der Waals surface area contributed by atoms with Crippen LogP contribution in [0.2, 0.25) is 0 Å². The lowest BCUT2D eigenvalue weighted by Crippen LogP contribution is -2.50. The van der Waals surface area contributed by atoms with E-state index in [4.69, 9.17) is 4.84 Å². The van der Waals surface area contributed by atoms with Gasteiger partial charge in [0.15, 0.2) is 0 Å². The summed E-state index contributed by atoms with van der Waals surface area (Å²) in [4.78, 5) is 71.1. The van der Waals surface area contributed by atoms with Crippen LogP contribution in [-0.2, 0) is 28.8 Å². The molecule has 0 spiro atoms. The number of imide groups is 1. The SMILES string of the molecule is CCCCCCC(=O)N(C)[C@@H](CC(=O)ON1C(=O)CCC1=O)C(=O)N(C)CCN(C)C. The summed E-state index contributed by atoms with van der Waals surface area (Å²) in [6.07, 6.45) is 3.49. The van der Waals surface area contributed by atoms with E-state index in [1.165, 1.54) is 16.8 Å². The predicted molar refractivity (Wildman–Crippen MR) is 113 cm³/mol. The highest BCUT2D eigenvalue weighted by atomic mass is 16.7. The number of carbonyl (C=O) groups is 5. The van der Waals surface area contributed by atoms with Crippen molar-refractivity contribution in [3.8, 4) is 0 Å². The number of unbranched alkanes of at least 4 members (excludes halogenated alkanes) is 3. The van der Waals surface area contributed by atoms with Crippen molar-refractivity contribution in [1.82, 2.24) is 19.8 Å². The van der Waals surface area contributed by atoms with Gasteiger partial charge in [0.05, 0.1) is 6.42 Å². The van der Waals surface area contributed by atoms with Gasteiger partial charge in [-0.1, -0.05) is 26.2 Å². The molecule has 0 bridgehead atoms. The number of carbonyl (C=O) groups excluding carboxylic acids is 5. The first-order valence-electron chi connectivity index (χ1n) is 10.8. The minimum absolute atomic E-state index is 0.0160. The molecule has 1 fully saturated rings. The Kier molecular flexibility index (Phi) is 11.2. The largest absolute Gasteiger partial charge is 0.343 e. The number of hydroxylamine groups is 2. The van der Waals surface area contributed by atoms with Crippen LogP contribution in [-0.4, -0.2) is 96.7 Å². The average Bonchev–Trinajstić information content (AvgIpc) is 3.04. The molecule has 10 nitrogen and oxygen atoms in total. The lowest BCUT2D eigenvalue weighted by molar-refractivity contribution is -0.198. The molecule has 1 aliphatic heterocycles. The lowest BCUT2D eigenvalue weighted by Gasteiger charge is -2.31. The molecule has 4 amide bonds.